The van der Waals surface area contributed by atoms with Crippen LogP contribution in [-0.2, 0) is 47.6 Å². The summed E-state index contributed by atoms with van der Waals surface area (Å²) in [7, 11) is 2.80. The fraction of sp³-hybridized carbons (Fsp3) is 0.793. The third-order valence-electron chi connectivity index (χ3n) is 13.1. The molecular weight excluding hydrogens is 889 g/mol. The highest BCUT2D eigenvalue weighted by molar-refractivity contribution is 5.93. The quantitative estimate of drug-likeness (QED) is 0.0346. The molecule has 0 N–H and O–H groups in total. The summed E-state index contributed by atoms with van der Waals surface area (Å²) in [6.07, 6.45) is 27.7. The Balaban J connectivity index is 3.31. The molecule has 0 saturated carbocycles. The van der Waals surface area contributed by atoms with Gasteiger partial charge in [-0.15, -0.1) is 0 Å². The number of ether oxygens (including phenoxy) is 6. The van der Waals surface area contributed by atoms with E-state index >= 15 is 0 Å². The minimum absolute atomic E-state index is 0.207. The molecule has 0 radical (unpaired) electrons. The Morgan fingerprint density at radius 3 is 0.843 bits per heavy atom. The first-order valence-corrected chi connectivity index (χ1v) is 28.1. The first-order valence-electron chi connectivity index (χ1n) is 28.1. The highest BCUT2D eigenvalue weighted by Gasteiger charge is 2.31. The van der Waals surface area contributed by atoms with E-state index in [1.165, 1.54) is 27.1 Å². The molecule has 4 unspecified atom stereocenters. The van der Waals surface area contributed by atoms with E-state index in [9.17, 15) is 28.8 Å². The normalized spacial score (nSPS) is 12.9. The van der Waals surface area contributed by atoms with Crippen molar-refractivity contribution >= 4 is 35.8 Å². The smallest absolute Gasteiger partial charge is 0.338 e. The number of hydrogen-bond donors (Lipinski definition) is 0. The second kappa shape index (κ2) is 43.8. The molecule has 0 aromatic heterocycles. The van der Waals surface area contributed by atoms with Gasteiger partial charge < -0.3 is 28.4 Å². The van der Waals surface area contributed by atoms with Crippen molar-refractivity contribution in [2.24, 2.45) is 0 Å². The molecule has 0 fully saturated rings. The van der Waals surface area contributed by atoms with E-state index in [1.54, 1.807) is 24.3 Å². The average molecular weight is 987 g/mol. The minimum atomic E-state index is -0.651. The maximum absolute atomic E-state index is 14.0. The van der Waals surface area contributed by atoms with Crippen molar-refractivity contribution in [3.8, 4) is 0 Å². The third kappa shape index (κ3) is 32.8. The van der Waals surface area contributed by atoms with Gasteiger partial charge in [-0.3, -0.25) is 19.2 Å². The maximum Gasteiger partial charge on any atom is 0.338 e. The van der Waals surface area contributed by atoms with E-state index < -0.39 is 36.4 Å². The topological polar surface area (TPSA) is 158 Å². The molecule has 1 aromatic rings. The Labute approximate surface area is 424 Å². The molecule has 0 saturated heterocycles. The van der Waals surface area contributed by atoms with Gasteiger partial charge in [-0.05, 0) is 101 Å². The average Bonchev–Trinajstić information content (AvgIpc) is 3.36. The van der Waals surface area contributed by atoms with Crippen LogP contribution in [0.2, 0.25) is 0 Å². The van der Waals surface area contributed by atoms with Gasteiger partial charge in [0.05, 0.1) is 25.3 Å². The molecule has 1 aromatic carbocycles. The van der Waals surface area contributed by atoms with E-state index in [-0.39, 0.29) is 35.0 Å². The van der Waals surface area contributed by atoms with Gasteiger partial charge >= 0.3 is 35.8 Å². The number of methoxy groups -OCH3 is 2. The van der Waals surface area contributed by atoms with Crippen LogP contribution in [0.3, 0.4) is 0 Å². The van der Waals surface area contributed by atoms with E-state index in [1.807, 2.05) is 0 Å². The zero-order valence-corrected chi connectivity index (χ0v) is 45.0. The zero-order chi connectivity index (χ0) is 51.5. The van der Waals surface area contributed by atoms with Gasteiger partial charge in [0.25, 0.3) is 0 Å². The fourth-order valence-corrected chi connectivity index (χ4v) is 8.68. The Morgan fingerprint density at radius 2 is 0.543 bits per heavy atom. The molecule has 70 heavy (non-hydrogen) atoms. The number of hydrogen-bond acceptors (Lipinski definition) is 12. The molecule has 0 spiro atoms. The SMILES string of the molecule is CCCCCCCCC(OC(=O)CCCCC)C(CCCCCCCC(=O)OC)OC(=O)c1ccc(C(=O)OC(CCCCCCCC)C(CCCCCCCC(=O)OC)OC(=O)CCCCC)cc1. The molecule has 0 aliphatic heterocycles. The van der Waals surface area contributed by atoms with E-state index in [0.29, 0.717) is 51.4 Å². The zero-order valence-electron chi connectivity index (χ0n) is 45.0. The monoisotopic (exact) mass is 987 g/mol. The van der Waals surface area contributed by atoms with Crippen molar-refractivity contribution in [2.45, 2.75) is 283 Å². The Kier molecular flexibility index (Phi) is 40.1. The largest absolute Gasteiger partial charge is 0.469 e. The lowest BCUT2D eigenvalue weighted by Crippen LogP contribution is -2.36. The number of carbonyl (C=O) groups excluding carboxylic acids is 6. The van der Waals surface area contributed by atoms with Crippen molar-refractivity contribution in [1.82, 2.24) is 0 Å². The predicted octanol–water partition coefficient (Wildman–Crippen LogP) is 15.0. The number of carbonyl (C=O) groups is 6. The van der Waals surface area contributed by atoms with Crippen LogP contribution in [-0.4, -0.2) is 74.5 Å². The number of benzene rings is 1. The van der Waals surface area contributed by atoms with Crippen molar-refractivity contribution in [1.29, 1.82) is 0 Å². The van der Waals surface area contributed by atoms with Gasteiger partial charge in [0.2, 0.25) is 0 Å². The summed E-state index contributed by atoms with van der Waals surface area (Å²) in [4.78, 5) is 77.4. The molecule has 12 nitrogen and oxygen atoms in total. The Morgan fingerprint density at radius 1 is 0.314 bits per heavy atom. The van der Waals surface area contributed by atoms with E-state index in [0.717, 1.165) is 167 Å². The van der Waals surface area contributed by atoms with Gasteiger partial charge in [0, 0.05) is 25.7 Å². The number of unbranched alkanes of at least 4 members (excludes halogenated alkanes) is 22. The fourth-order valence-electron chi connectivity index (χ4n) is 8.68. The standard InChI is InChI=1S/C58H98O12/c1-7-11-15-17-21-29-35-49(67-55(61)41-27-13-9-3)52(38-32-24-20-26-34-40-54(60)66-6)70-58(64)48-45-43-47(44-46-48)57(63)69-51(37-31-22-18-16-12-8-2)50(68-56(62)42-28-14-10-4)36-30-23-19-25-33-39-53(59)65-5/h43-46,49-52H,7-42H2,1-6H3. The van der Waals surface area contributed by atoms with Gasteiger partial charge in [-0.2, -0.15) is 0 Å². The lowest BCUT2D eigenvalue weighted by atomic mass is 9.98. The second-order valence-corrected chi connectivity index (χ2v) is 19.3. The van der Waals surface area contributed by atoms with Crippen molar-refractivity contribution in [2.75, 3.05) is 14.2 Å². The van der Waals surface area contributed by atoms with Crippen LogP contribution >= 0.6 is 0 Å². The summed E-state index contributed by atoms with van der Waals surface area (Å²) in [6.45, 7) is 8.56. The lowest BCUT2D eigenvalue weighted by molar-refractivity contribution is -0.157. The van der Waals surface area contributed by atoms with Gasteiger partial charge in [-0.1, -0.05) is 156 Å². The van der Waals surface area contributed by atoms with Gasteiger partial charge in [0.15, 0.2) is 0 Å². The molecule has 12 heteroatoms. The first kappa shape index (κ1) is 64.1. The summed E-state index contributed by atoms with van der Waals surface area (Å²) < 4.78 is 34.4. The molecule has 1 rings (SSSR count). The molecular formula is C58H98O12. The number of rotatable bonds is 46. The van der Waals surface area contributed by atoms with Crippen molar-refractivity contribution < 1.29 is 57.2 Å². The van der Waals surface area contributed by atoms with Crippen LogP contribution in [0, 0.1) is 0 Å². The van der Waals surface area contributed by atoms with Gasteiger partial charge in [0.1, 0.15) is 24.4 Å². The molecule has 4 atom stereocenters. The van der Waals surface area contributed by atoms with E-state index in [2.05, 4.69) is 27.7 Å². The number of esters is 6. The first-order chi connectivity index (χ1) is 34.0. The van der Waals surface area contributed by atoms with Crippen molar-refractivity contribution in [3.05, 3.63) is 35.4 Å². The summed E-state index contributed by atoms with van der Waals surface area (Å²) in [5.74, 6) is -2.08. The summed E-state index contributed by atoms with van der Waals surface area (Å²) in [5, 5.41) is 0. The van der Waals surface area contributed by atoms with Crippen molar-refractivity contribution in [3.63, 3.8) is 0 Å². The predicted molar refractivity (Wildman–Crippen MR) is 278 cm³/mol. The summed E-state index contributed by atoms with van der Waals surface area (Å²) in [6, 6.07) is 6.30. The molecule has 0 bridgehead atoms. The van der Waals surface area contributed by atoms with Crippen LogP contribution in [0.5, 0.6) is 0 Å². The summed E-state index contributed by atoms with van der Waals surface area (Å²) >= 11 is 0. The molecule has 0 aliphatic carbocycles. The highest BCUT2D eigenvalue weighted by Crippen LogP contribution is 2.25. The van der Waals surface area contributed by atoms with Gasteiger partial charge in [-0.25, -0.2) is 9.59 Å². The van der Waals surface area contributed by atoms with Crippen LogP contribution in [0.15, 0.2) is 24.3 Å². The summed E-state index contributed by atoms with van der Waals surface area (Å²) in [5.41, 5.74) is 0.542. The molecule has 402 valence electrons. The Hall–Kier alpha value is -3.96. The van der Waals surface area contributed by atoms with Crippen LogP contribution in [0.1, 0.15) is 280 Å². The van der Waals surface area contributed by atoms with Crippen LogP contribution in [0.25, 0.3) is 0 Å². The second-order valence-electron chi connectivity index (χ2n) is 19.3. The Bertz CT molecular complexity index is 1510. The minimum Gasteiger partial charge on any atom is -0.469 e. The van der Waals surface area contributed by atoms with Crippen LogP contribution in [0.4, 0.5) is 0 Å². The molecule has 0 aliphatic rings. The highest BCUT2D eigenvalue weighted by atomic mass is 16.6. The van der Waals surface area contributed by atoms with Crippen LogP contribution < -0.4 is 0 Å². The molecule has 0 amide bonds. The molecule has 0 heterocycles. The lowest BCUT2D eigenvalue weighted by Gasteiger charge is -2.28. The third-order valence-corrected chi connectivity index (χ3v) is 13.1. The maximum atomic E-state index is 14.0. The van der Waals surface area contributed by atoms with E-state index in [4.69, 9.17) is 28.4 Å².